The highest BCUT2D eigenvalue weighted by molar-refractivity contribution is 7.92. The lowest BCUT2D eigenvalue weighted by Crippen LogP contribution is -2.14. The monoisotopic (exact) mass is 362 g/mol. The van der Waals surface area contributed by atoms with Gasteiger partial charge in [-0.3, -0.25) is 14.8 Å². The number of nitrogens with zero attached hydrogens (tertiary/aromatic N) is 2. The average Bonchev–Trinajstić information content (AvgIpc) is 2.88. The van der Waals surface area contributed by atoms with Gasteiger partial charge >= 0.3 is 0 Å². The second-order valence-electron chi connectivity index (χ2n) is 4.60. The molecule has 7 nitrogen and oxygen atoms in total. The zero-order valence-corrected chi connectivity index (χ0v) is 13.6. The highest BCUT2D eigenvalue weighted by atomic mass is 32.2. The van der Waals surface area contributed by atoms with Crippen LogP contribution in [0, 0.1) is 6.92 Å². The first kappa shape index (κ1) is 17.2. The van der Waals surface area contributed by atoms with Gasteiger partial charge in [0.25, 0.3) is 12.3 Å². The Balaban J connectivity index is 2.20. The molecule has 0 aliphatic heterocycles. The van der Waals surface area contributed by atoms with Crippen LogP contribution < -0.4 is 10.0 Å². The van der Waals surface area contributed by atoms with Gasteiger partial charge in [0.2, 0.25) is 15.2 Å². The number of hydrogen-bond acceptors (Lipinski definition) is 6. The molecule has 2 N–H and O–H groups in total. The van der Waals surface area contributed by atoms with Crippen molar-refractivity contribution in [2.24, 2.45) is 0 Å². The summed E-state index contributed by atoms with van der Waals surface area (Å²) in [5.41, 5.74) is 1.03. The van der Waals surface area contributed by atoms with Crippen LogP contribution in [0.3, 0.4) is 0 Å². The van der Waals surface area contributed by atoms with Gasteiger partial charge in [0.15, 0.2) is 5.01 Å². The largest absolute Gasteiger partial charge is 0.296 e. The maximum atomic E-state index is 12.4. The average molecular weight is 362 g/mol. The van der Waals surface area contributed by atoms with Crippen LogP contribution in [-0.4, -0.2) is 30.8 Å². The molecule has 1 aromatic heterocycles. The maximum Gasteiger partial charge on any atom is 0.291 e. The van der Waals surface area contributed by atoms with Gasteiger partial charge in [-0.1, -0.05) is 17.4 Å². The summed E-state index contributed by atoms with van der Waals surface area (Å²) in [6.07, 6.45) is -1.77. The van der Waals surface area contributed by atoms with Crippen molar-refractivity contribution in [2.45, 2.75) is 13.3 Å². The van der Waals surface area contributed by atoms with Gasteiger partial charge in [-0.25, -0.2) is 17.2 Å². The van der Waals surface area contributed by atoms with Crippen LogP contribution in [0.1, 0.15) is 27.4 Å². The number of carbonyl (C=O) groups is 1. The van der Waals surface area contributed by atoms with Crippen molar-refractivity contribution in [3.8, 4) is 0 Å². The number of aromatic nitrogens is 2. The van der Waals surface area contributed by atoms with Gasteiger partial charge in [-0.05, 0) is 24.6 Å². The first-order valence-electron chi connectivity index (χ1n) is 6.17. The van der Waals surface area contributed by atoms with E-state index in [1.807, 2.05) is 0 Å². The van der Waals surface area contributed by atoms with Gasteiger partial charge in [-0.2, -0.15) is 0 Å². The number of benzene rings is 1. The summed E-state index contributed by atoms with van der Waals surface area (Å²) in [6, 6.07) is 4.39. The minimum Gasteiger partial charge on any atom is -0.296 e. The zero-order chi connectivity index (χ0) is 17.2. The Hall–Kier alpha value is -2.14. The van der Waals surface area contributed by atoms with Gasteiger partial charge in [0.05, 0.1) is 11.9 Å². The van der Waals surface area contributed by atoms with Crippen molar-refractivity contribution in [2.75, 3.05) is 16.3 Å². The first-order valence-corrected chi connectivity index (χ1v) is 8.88. The quantitative estimate of drug-likeness (QED) is 0.851. The number of nitrogens with one attached hydrogen (secondary N) is 2. The highest BCUT2D eigenvalue weighted by Crippen LogP contribution is 2.26. The van der Waals surface area contributed by atoms with Crippen molar-refractivity contribution in [3.63, 3.8) is 0 Å². The predicted octanol–water partition coefficient (Wildman–Crippen LogP) is 2.41. The van der Waals surface area contributed by atoms with E-state index in [0.29, 0.717) is 16.9 Å². The van der Waals surface area contributed by atoms with E-state index >= 15 is 0 Å². The number of anilines is 2. The lowest BCUT2D eigenvalue weighted by molar-refractivity contribution is 0.102. The van der Waals surface area contributed by atoms with Crippen molar-refractivity contribution in [1.82, 2.24) is 10.2 Å². The molecule has 1 amide bonds. The molecule has 124 valence electrons. The molecular weight excluding hydrogens is 350 g/mol. The fraction of sp³-hybridized carbons (Fsp3) is 0.250. The summed E-state index contributed by atoms with van der Waals surface area (Å²) >= 11 is 0.566. The number of carbonyl (C=O) groups excluding carboxylic acids is 1. The minimum absolute atomic E-state index is 0.0662. The van der Waals surface area contributed by atoms with Crippen molar-refractivity contribution in [1.29, 1.82) is 0 Å². The molecule has 0 unspecified atom stereocenters. The smallest absolute Gasteiger partial charge is 0.291 e. The van der Waals surface area contributed by atoms with E-state index in [2.05, 4.69) is 20.2 Å². The molecule has 0 fully saturated rings. The molecule has 0 saturated carbocycles. The minimum atomic E-state index is -3.49. The van der Waals surface area contributed by atoms with Crippen LogP contribution in [0.4, 0.5) is 19.6 Å². The van der Waals surface area contributed by atoms with Crippen LogP contribution in [0.5, 0.6) is 0 Å². The lowest BCUT2D eigenvalue weighted by Gasteiger charge is -2.09. The molecule has 0 spiro atoms. The normalized spacial score (nSPS) is 11.5. The molecule has 2 rings (SSSR count). The lowest BCUT2D eigenvalue weighted by atomic mass is 10.1. The van der Waals surface area contributed by atoms with E-state index in [9.17, 15) is 22.0 Å². The van der Waals surface area contributed by atoms with Crippen LogP contribution in [0.2, 0.25) is 0 Å². The molecule has 0 bridgehead atoms. The second kappa shape index (κ2) is 6.54. The molecule has 11 heteroatoms. The van der Waals surface area contributed by atoms with Crippen molar-refractivity contribution < 1.29 is 22.0 Å². The number of alkyl halides is 2. The third-order valence-corrected chi connectivity index (χ3v) is 4.08. The van der Waals surface area contributed by atoms with Crippen molar-refractivity contribution >= 4 is 38.1 Å². The fourth-order valence-electron chi connectivity index (χ4n) is 1.62. The number of sulfonamides is 1. The van der Waals surface area contributed by atoms with E-state index in [0.717, 1.165) is 6.26 Å². The van der Waals surface area contributed by atoms with Gasteiger partial charge in [0.1, 0.15) is 0 Å². The summed E-state index contributed by atoms with van der Waals surface area (Å²) in [6.45, 7) is 1.68. The number of hydrogen-bond donors (Lipinski definition) is 2. The van der Waals surface area contributed by atoms with E-state index in [4.69, 9.17) is 0 Å². The molecular formula is C12H12F2N4O3S2. The molecule has 23 heavy (non-hydrogen) atoms. The Morgan fingerprint density at radius 2 is 2.00 bits per heavy atom. The zero-order valence-electron chi connectivity index (χ0n) is 12.0. The molecule has 0 atom stereocenters. The Kier molecular flexibility index (Phi) is 4.90. The van der Waals surface area contributed by atoms with Crippen LogP contribution in [0.15, 0.2) is 18.2 Å². The maximum absolute atomic E-state index is 12.4. The Bertz CT molecular complexity index is 837. The van der Waals surface area contributed by atoms with Crippen LogP contribution >= 0.6 is 11.3 Å². The Morgan fingerprint density at radius 1 is 1.30 bits per heavy atom. The van der Waals surface area contributed by atoms with Gasteiger partial charge < -0.3 is 0 Å². The summed E-state index contributed by atoms with van der Waals surface area (Å²) < 4.78 is 49.7. The Labute approximate surface area is 134 Å². The molecule has 0 aliphatic carbocycles. The molecule has 0 aliphatic rings. The van der Waals surface area contributed by atoms with E-state index in [1.165, 1.54) is 12.1 Å². The highest BCUT2D eigenvalue weighted by Gasteiger charge is 2.16. The van der Waals surface area contributed by atoms with Crippen LogP contribution in [0.25, 0.3) is 0 Å². The topological polar surface area (TPSA) is 101 Å². The molecule has 0 saturated heterocycles. The van der Waals surface area contributed by atoms with E-state index in [1.54, 1.807) is 13.0 Å². The third kappa shape index (κ3) is 4.66. The summed E-state index contributed by atoms with van der Waals surface area (Å²) in [7, 11) is -3.49. The summed E-state index contributed by atoms with van der Waals surface area (Å²) in [4.78, 5) is 12.1. The van der Waals surface area contributed by atoms with E-state index < -0.39 is 27.4 Å². The Morgan fingerprint density at radius 3 is 2.57 bits per heavy atom. The number of aryl methyl sites for hydroxylation is 1. The molecule has 1 aromatic carbocycles. The van der Waals surface area contributed by atoms with Gasteiger partial charge in [0, 0.05) is 5.56 Å². The SMILES string of the molecule is Cc1ccc(C(=O)Nc2nnc(C(F)F)s2)cc1NS(C)(=O)=O. The molecule has 2 aromatic rings. The number of amides is 1. The summed E-state index contributed by atoms with van der Waals surface area (Å²) in [5.74, 6) is -0.612. The molecule has 1 heterocycles. The van der Waals surface area contributed by atoms with E-state index in [-0.39, 0.29) is 16.4 Å². The summed E-state index contributed by atoms with van der Waals surface area (Å²) in [5, 5.41) is 8.48. The number of halogens is 2. The van der Waals surface area contributed by atoms with Crippen molar-refractivity contribution in [3.05, 3.63) is 34.3 Å². The molecule has 0 radical (unpaired) electrons. The van der Waals surface area contributed by atoms with Crippen LogP contribution in [-0.2, 0) is 10.0 Å². The fourth-order valence-corrected chi connectivity index (χ4v) is 2.83. The standard InChI is InChI=1S/C12H12F2N4O3S2/c1-6-3-4-7(5-8(6)18-23(2,20)21)10(19)15-12-17-16-11(22-12)9(13)14/h3-5,9,18H,1-2H3,(H,15,17,19). The predicted molar refractivity (Wildman–Crippen MR) is 82.5 cm³/mol. The number of rotatable bonds is 5. The first-order chi connectivity index (χ1) is 10.7. The second-order valence-corrected chi connectivity index (χ2v) is 7.36. The third-order valence-electron chi connectivity index (χ3n) is 2.64. The van der Waals surface area contributed by atoms with Gasteiger partial charge in [-0.15, -0.1) is 10.2 Å².